The highest BCUT2D eigenvalue weighted by Crippen LogP contribution is 2.36. The van der Waals surface area contributed by atoms with Crippen molar-refractivity contribution in [1.29, 1.82) is 0 Å². The van der Waals surface area contributed by atoms with Gasteiger partial charge in [-0.3, -0.25) is 0 Å². The molecule has 0 aliphatic heterocycles. The lowest BCUT2D eigenvalue weighted by molar-refractivity contribution is 0.444. The zero-order chi connectivity index (χ0) is 43.5. The van der Waals surface area contributed by atoms with Crippen LogP contribution in [0.2, 0.25) is 0 Å². The number of nitrogen functional groups attached to an aromatic ring is 2. The molecule has 0 saturated carbocycles. The molecule has 0 fully saturated rings. The van der Waals surface area contributed by atoms with Gasteiger partial charge in [-0.2, -0.15) is 0 Å². The molecule has 0 heterocycles. The molecule has 10 nitrogen and oxygen atoms in total. The highest BCUT2D eigenvalue weighted by Gasteiger charge is 2.09. The Hall–Kier alpha value is -9.02. The van der Waals surface area contributed by atoms with E-state index in [9.17, 15) is 0 Å². The Morgan fingerprint density at radius 3 is 0.516 bits per heavy atom. The molecule has 0 aliphatic rings. The Morgan fingerprint density at radius 2 is 0.328 bits per heavy atom. The fourth-order valence-electron chi connectivity index (χ4n) is 6.43. The molecule has 9 aromatic rings. The van der Waals surface area contributed by atoms with Crippen LogP contribution in [-0.4, -0.2) is 0 Å². The van der Waals surface area contributed by atoms with Crippen LogP contribution in [0.5, 0.6) is 92.0 Å². The first-order chi connectivity index (χ1) is 31.4. The van der Waals surface area contributed by atoms with Crippen molar-refractivity contribution in [1.82, 2.24) is 0 Å². The number of hydrogen-bond donors (Lipinski definition) is 2. The molecule has 9 aromatic carbocycles. The fourth-order valence-corrected chi connectivity index (χ4v) is 6.43. The maximum absolute atomic E-state index is 6.19. The number of rotatable bonds is 16. The molecule has 10 heteroatoms. The third kappa shape index (κ3) is 11.2. The summed E-state index contributed by atoms with van der Waals surface area (Å²) in [6, 6.07) is 66.2. The van der Waals surface area contributed by atoms with Gasteiger partial charge in [-0.15, -0.1) is 0 Å². The Labute approximate surface area is 369 Å². The second kappa shape index (κ2) is 19.1. The number of anilines is 2. The minimum atomic E-state index is 0.597. The van der Waals surface area contributed by atoms with Crippen LogP contribution in [0.15, 0.2) is 218 Å². The summed E-state index contributed by atoms with van der Waals surface area (Å²) < 4.78 is 48.9. The summed E-state index contributed by atoms with van der Waals surface area (Å²) in [6.07, 6.45) is 0. The topological polar surface area (TPSA) is 126 Å². The van der Waals surface area contributed by atoms with E-state index in [4.69, 9.17) is 49.4 Å². The predicted molar refractivity (Wildman–Crippen MR) is 247 cm³/mol. The molecule has 0 spiro atoms. The molecular weight excluding hydrogens is 805 g/mol. The zero-order valence-electron chi connectivity index (χ0n) is 34.2. The maximum atomic E-state index is 6.19. The van der Waals surface area contributed by atoms with Crippen LogP contribution in [0, 0.1) is 0 Å². The van der Waals surface area contributed by atoms with Gasteiger partial charge in [0.2, 0.25) is 0 Å². The summed E-state index contributed by atoms with van der Waals surface area (Å²) in [6.45, 7) is 0. The van der Waals surface area contributed by atoms with Crippen LogP contribution in [-0.2, 0) is 0 Å². The van der Waals surface area contributed by atoms with Crippen LogP contribution >= 0.6 is 0 Å². The Morgan fingerprint density at radius 1 is 0.172 bits per heavy atom. The molecular formula is C54H40N2O8. The molecule has 0 unspecified atom stereocenters. The van der Waals surface area contributed by atoms with Crippen molar-refractivity contribution in [2.24, 2.45) is 0 Å². The molecule has 0 aromatic heterocycles. The molecule has 64 heavy (non-hydrogen) atoms. The SMILES string of the molecule is Nc1cccc(Oc2cccc(Oc3cccc(Oc4cccc(Oc5ccc(Oc6cccc(Oc7cccc(Oc8cccc(Oc9cccc(N)c9)c8)c7)c6)cc5)c4)c3)c2)c1. The summed E-state index contributed by atoms with van der Waals surface area (Å²) in [4.78, 5) is 0. The summed E-state index contributed by atoms with van der Waals surface area (Å²) >= 11 is 0. The number of ether oxygens (including phenoxy) is 8. The Kier molecular flexibility index (Phi) is 12.1. The standard InChI is InChI=1S/C54H40N2O8/c55-37-9-1-11-41(29-37)59-45-15-5-19-49(33-45)63-53-23-7-21-51(35-53)61-47-17-3-13-43(31-47)57-39-25-27-40(28-26-39)58-44-14-4-18-48(32-44)62-52-22-8-24-54(36-52)64-50-20-6-16-46(34-50)60-42-12-2-10-38(56)30-42/h1-36H,55-56H2. The van der Waals surface area contributed by atoms with E-state index in [0.717, 1.165) is 0 Å². The molecule has 0 bridgehead atoms. The second-order valence-corrected chi connectivity index (χ2v) is 14.3. The van der Waals surface area contributed by atoms with Gasteiger partial charge in [0, 0.05) is 59.9 Å². The van der Waals surface area contributed by atoms with Crippen LogP contribution in [0.3, 0.4) is 0 Å². The van der Waals surface area contributed by atoms with Gasteiger partial charge >= 0.3 is 0 Å². The van der Waals surface area contributed by atoms with E-state index in [-0.39, 0.29) is 0 Å². The van der Waals surface area contributed by atoms with E-state index in [0.29, 0.717) is 103 Å². The van der Waals surface area contributed by atoms with Crippen molar-refractivity contribution in [3.63, 3.8) is 0 Å². The van der Waals surface area contributed by atoms with Crippen LogP contribution < -0.4 is 49.4 Å². The number of nitrogens with two attached hydrogens (primary N) is 2. The molecule has 0 radical (unpaired) electrons. The van der Waals surface area contributed by atoms with Crippen molar-refractivity contribution < 1.29 is 37.9 Å². The molecule has 0 aliphatic carbocycles. The highest BCUT2D eigenvalue weighted by atomic mass is 16.5. The monoisotopic (exact) mass is 844 g/mol. The van der Waals surface area contributed by atoms with Crippen LogP contribution in [0.1, 0.15) is 0 Å². The normalized spacial score (nSPS) is 10.6. The van der Waals surface area contributed by atoms with Crippen molar-refractivity contribution in [3.8, 4) is 92.0 Å². The lowest BCUT2D eigenvalue weighted by atomic mass is 10.3. The molecule has 0 atom stereocenters. The van der Waals surface area contributed by atoms with E-state index < -0.39 is 0 Å². The average Bonchev–Trinajstić information content (AvgIpc) is 3.28. The highest BCUT2D eigenvalue weighted by molar-refractivity contribution is 5.49. The Balaban J connectivity index is 0.777. The van der Waals surface area contributed by atoms with Crippen molar-refractivity contribution in [2.45, 2.75) is 0 Å². The lowest BCUT2D eigenvalue weighted by Gasteiger charge is -2.12. The fraction of sp³-hybridized carbons (Fsp3) is 0. The van der Waals surface area contributed by atoms with Gasteiger partial charge in [0.15, 0.2) is 0 Å². The van der Waals surface area contributed by atoms with E-state index in [1.165, 1.54) is 0 Å². The minimum absolute atomic E-state index is 0.597. The summed E-state index contributed by atoms with van der Waals surface area (Å²) in [7, 11) is 0. The molecule has 9 rings (SSSR count). The minimum Gasteiger partial charge on any atom is -0.457 e. The lowest BCUT2D eigenvalue weighted by Crippen LogP contribution is -1.90. The van der Waals surface area contributed by atoms with Crippen molar-refractivity contribution in [3.05, 3.63) is 218 Å². The van der Waals surface area contributed by atoms with Gasteiger partial charge in [-0.25, -0.2) is 0 Å². The van der Waals surface area contributed by atoms with Crippen LogP contribution in [0.25, 0.3) is 0 Å². The third-order valence-electron chi connectivity index (χ3n) is 9.26. The Bertz CT molecular complexity index is 2810. The first-order valence-corrected chi connectivity index (χ1v) is 20.2. The van der Waals surface area contributed by atoms with E-state index in [1.807, 2.05) is 206 Å². The summed E-state index contributed by atoms with van der Waals surface area (Å²) in [5.41, 5.74) is 13.0. The second-order valence-electron chi connectivity index (χ2n) is 14.3. The van der Waals surface area contributed by atoms with Crippen LogP contribution in [0.4, 0.5) is 11.4 Å². The van der Waals surface area contributed by atoms with Gasteiger partial charge in [0.25, 0.3) is 0 Å². The molecule has 314 valence electrons. The zero-order valence-corrected chi connectivity index (χ0v) is 34.2. The van der Waals surface area contributed by atoms with Crippen molar-refractivity contribution >= 4 is 11.4 Å². The van der Waals surface area contributed by atoms with Gasteiger partial charge in [-0.1, -0.05) is 48.5 Å². The first-order valence-electron chi connectivity index (χ1n) is 20.2. The van der Waals surface area contributed by atoms with Gasteiger partial charge in [0.1, 0.15) is 92.0 Å². The third-order valence-corrected chi connectivity index (χ3v) is 9.26. The summed E-state index contributed by atoms with van der Waals surface area (Å²) in [5.74, 6) is 9.80. The van der Waals surface area contributed by atoms with Gasteiger partial charge in [-0.05, 0) is 121 Å². The quantitative estimate of drug-likeness (QED) is 0.0908. The number of hydrogen-bond acceptors (Lipinski definition) is 10. The van der Waals surface area contributed by atoms with E-state index in [1.54, 1.807) is 12.1 Å². The van der Waals surface area contributed by atoms with Crippen molar-refractivity contribution in [2.75, 3.05) is 11.5 Å². The largest absolute Gasteiger partial charge is 0.457 e. The smallest absolute Gasteiger partial charge is 0.131 e. The van der Waals surface area contributed by atoms with E-state index >= 15 is 0 Å². The average molecular weight is 845 g/mol. The molecule has 4 N–H and O–H groups in total. The van der Waals surface area contributed by atoms with E-state index in [2.05, 4.69) is 0 Å². The summed E-state index contributed by atoms with van der Waals surface area (Å²) in [5, 5.41) is 0. The van der Waals surface area contributed by atoms with Gasteiger partial charge in [0.05, 0.1) is 0 Å². The predicted octanol–water partition coefficient (Wildman–Crippen LogP) is 15.2. The molecule has 0 amide bonds. The maximum Gasteiger partial charge on any atom is 0.131 e. The number of benzene rings is 9. The first kappa shape index (κ1) is 40.4. The molecule has 0 saturated heterocycles. The van der Waals surface area contributed by atoms with Gasteiger partial charge < -0.3 is 49.4 Å².